The van der Waals surface area contributed by atoms with Crippen molar-refractivity contribution in [3.63, 3.8) is 0 Å². The van der Waals surface area contributed by atoms with Crippen LogP contribution in [0.4, 0.5) is 0 Å². The molecule has 1 aromatic carbocycles. The van der Waals surface area contributed by atoms with Gasteiger partial charge in [-0.05, 0) is 50.6 Å². The average molecular weight is 398 g/mol. The molecular formula is C21H17Cl2N3O. The highest BCUT2D eigenvalue weighted by Gasteiger charge is 2.19. The monoisotopic (exact) mass is 397 g/mol. The van der Waals surface area contributed by atoms with Crippen molar-refractivity contribution in [2.75, 3.05) is 0 Å². The number of rotatable bonds is 2. The summed E-state index contributed by atoms with van der Waals surface area (Å²) in [4.78, 5) is 16.3. The van der Waals surface area contributed by atoms with E-state index in [-0.39, 0.29) is 5.43 Å². The van der Waals surface area contributed by atoms with Gasteiger partial charge in [-0.3, -0.25) is 9.36 Å². The topological polar surface area (TPSA) is 39.8 Å². The Balaban J connectivity index is 2.10. The van der Waals surface area contributed by atoms with Crippen LogP contribution in [0.25, 0.3) is 22.4 Å². The summed E-state index contributed by atoms with van der Waals surface area (Å²) in [6, 6.07) is 10.6. The summed E-state index contributed by atoms with van der Waals surface area (Å²) in [7, 11) is 0. The Bertz CT molecular complexity index is 1230. The standard InChI is InChI=1S/C21H17Cl2N3O/c1-12-10-19(25-8-6-16(27)7-9-25)20-13(2)14(3)26(21(20)24-12)18-5-4-15(22)11-17(18)23/h4-11H,1-3H3. The van der Waals surface area contributed by atoms with E-state index < -0.39 is 0 Å². The van der Waals surface area contributed by atoms with Crippen molar-refractivity contribution in [3.8, 4) is 11.4 Å². The van der Waals surface area contributed by atoms with Crippen LogP contribution >= 0.6 is 23.2 Å². The van der Waals surface area contributed by atoms with E-state index in [1.807, 2.05) is 36.6 Å². The number of nitrogens with zero attached hydrogens (tertiary/aromatic N) is 3. The van der Waals surface area contributed by atoms with Gasteiger partial charge in [-0.1, -0.05) is 23.2 Å². The summed E-state index contributed by atoms with van der Waals surface area (Å²) < 4.78 is 4.00. The van der Waals surface area contributed by atoms with Crippen LogP contribution in [-0.4, -0.2) is 14.1 Å². The van der Waals surface area contributed by atoms with Gasteiger partial charge in [0.05, 0.1) is 16.4 Å². The molecule has 0 N–H and O–H groups in total. The Morgan fingerprint density at radius 2 is 1.63 bits per heavy atom. The fourth-order valence-electron chi connectivity index (χ4n) is 3.40. The molecule has 0 saturated carbocycles. The number of fused-ring (bicyclic) bond motifs is 1. The number of hydrogen-bond donors (Lipinski definition) is 0. The lowest BCUT2D eigenvalue weighted by molar-refractivity contribution is 1.00. The molecule has 0 unspecified atom stereocenters. The highest BCUT2D eigenvalue weighted by Crippen LogP contribution is 2.35. The van der Waals surface area contributed by atoms with Gasteiger partial charge in [0.2, 0.25) is 0 Å². The van der Waals surface area contributed by atoms with Crippen molar-refractivity contribution < 1.29 is 0 Å². The van der Waals surface area contributed by atoms with E-state index in [9.17, 15) is 4.79 Å². The average Bonchev–Trinajstić information content (AvgIpc) is 2.86. The molecule has 27 heavy (non-hydrogen) atoms. The molecule has 0 fully saturated rings. The van der Waals surface area contributed by atoms with Crippen LogP contribution in [0.1, 0.15) is 17.0 Å². The largest absolute Gasteiger partial charge is 0.323 e. The first-order valence-corrected chi connectivity index (χ1v) is 9.26. The first kappa shape index (κ1) is 17.8. The third-order valence-electron chi connectivity index (χ3n) is 4.80. The second kappa shape index (κ2) is 6.55. The minimum atomic E-state index is -0.0216. The van der Waals surface area contributed by atoms with E-state index >= 15 is 0 Å². The maximum Gasteiger partial charge on any atom is 0.181 e. The summed E-state index contributed by atoms with van der Waals surface area (Å²) in [5.74, 6) is 0. The van der Waals surface area contributed by atoms with Crippen molar-refractivity contribution in [2.45, 2.75) is 20.8 Å². The molecule has 0 aliphatic rings. The summed E-state index contributed by atoms with van der Waals surface area (Å²) >= 11 is 12.6. The fraction of sp³-hybridized carbons (Fsp3) is 0.143. The first-order chi connectivity index (χ1) is 12.9. The van der Waals surface area contributed by atoms with Gasteiger partial charge in [-0.2, -0.15) is 0 Å². The molecule has 0 aliphatic heterocycles. The van der Waals surface area contributed by atoms with E-state index in [1.165, 1.54) is 0 Å². The predicted octanol–water partition coefficient (Wildman–Crippen LogP) is 5.41. The lowest BCUT2D eigenvalue weighted by Gasteiger charge is -2.12. The van der Waals surface area contributed by atoms with E-state index in [4.69, 9.17) is 28.2 Å². The zero-order chi connectivity index (χ0) is 19.3. The summed E-state index contributed by atoms with van der Waals surface area (Å²) in [5.41, 5.74) is 5.64. The lowest BCUT2D eigenvalue weighted by Crippen LogP contribution is -2.04. The van der Waals surface area contributed by atoms with Gasteiger partial charge >= 0.3 is 0 Å². The molecule has 0 bridgehead atoms. The van der Waals surface area contributed by atoms with Crippen molar-refractivity contribution in [3.05, 3.63) is 86.0 Å². The number of pyridine rings is 2. The van der Waals surface area contributed by atoms with Crippen LogP contribution in [-0.2, 0) is 0 Å². The lowest BCUT2D eigenvalue weighted by atomic mass is 10.1. The fourth-order valence-corrected chi connectivity index (χ4v) is 3.90. The smallest absolute Gasteiger partial charge is 0.181 e. The Morgan fingerprint density at radius 1 is 0.926 bits per heavy atom. The molecule has 136 valence electrons. The maximum atomic E-state index is 11.5. The number of hydrogen-bond acceptors (Lipinski definition) is 2. The number of aromatic nitrogens is 3. The molecule has 6 heteroatoms. The molecular weight excluding hydrogens is 381 g/mol. The van der Waals surface area contributed by atoms with Crippen LogP contribution < -0.4 is 5.43 Å². The molecule has 3 heterocycles. The molecule has 0 radical (unpaired) electrons. The van der Waals surface area contributed by atoms with Gasteiger partial charge < -0.3 is 4.57 Å². The zero-order valence-corrected chi connectivity index (χ0v) is 16.6. The van der Waals surface area contributed by atoms with Gasteiger partial charge in [0.15, 0.2) is 5.43 Å². The van der Waals surface area contributed by atoms with E-state index in [1.54, 1.807) is 30.6 Å². The van der Waals surface area contributed by atoms with Gasteiger partial charge in [0.1, 0.15) is 5.65 Å². The third-order valence-corrected chi connectivity index (χ3v) is 5.34. The Labute approximate surface area is 166 Å². The van der Waals surface area contributed by atoms with Crippen molar-refractivity contribution >= 4 is 34.2 Å². The second-order valence-corrected chi connectivity index (χ2v) is 7.41. The zero-order valence-electron chi connectivity index (χ0n) is 15.1. The molecule has 4 aromatic rings. The van der Waals surface area contributed by atoms with E-state index in [0.717, 1.165) is 39.4 Å². The highest BCUT2D eigenvalue weighted by molar-refractivity contribution is 6.35. The van der Waals surface area contributed by atoms with Crippen molar-refractivity contribution in [1.29, 1.82) is 0 Å². The normalized spacial score (nSPS) is 11.3. The minimum absolute atomic E-state index is 0.0216. The number of benzene rings is 1. The summed E-state index contributed by atoms with van der Waals surface area (Å²) in [6.45, 7) is 6.07. The Kier molecular flexibility index (Phi) is 4.33. The highest BCUT2D eigenvalue weighted by atomic mass is 35.5. The summed E-state index contributed by atoms with van der Waals surface area (Å²) in [5, 5.41) is 2.18. The molecule has 0 saturated heterocycles. The maximum absolute atomic E-state index is 11.5. The molecule has 0 aliphatic carbocycles. The molecule has 0 spiro atoms. The second-order valence-electron chi connectivity index (χ2n) is 6.56. The molecule has 4 rings (SSSR count). The molecule has 4 nitrogen and oxygen atoms in total. The Morgan fingerprint density at radius 3 is 2.30 bits per heavy atom. The minimum Gasteiger partial charge on any atom is -0.323 e. The number of aryl methyl sites for hydroxylation is 2. The van der Waals surface area contributed by atoms with Crippen LogP contribution in [0, 0.1) is 20.8 Å². The van der Waals surface area contributed by atoms with Crippen LogP contribution in [0.3, 0.4) is 0 Å². The van der Waals surface area contributed by atoms with Gasteiger partial charge in [0, 0.05) is 46.3 Å². The van der Waals surface area contributed by atoms with Crippen molar-refractivity contribution in [2.24, 2.45) is 0 Å². The van der Waals surface area contributed by atoms with Crippen LogP contribution in [0.2, 0.25) is 10.0 Å². The molecule has 3 aromatic heterocycles. The molecule has 0 atom stereocenters. The predicted molar refractivity (Wildman–Crippen MR) is 111 cm³/mol. The van der Waals surface area contributed by atoms with Gasteiger partial charge in [-0.15, -0.1) is 0 Å². The van der Waals surface area contributed by atoms with Gasteiger partial charge in [0.25, 0.3) is 0 Å². The first-order valence-electron chi connectivity index (χ1n) is 8.50. The Hall–Kier alpha value is -2.56. The molecule has 0 amide bonds. The van der Waals surface area contributed by atoms with Crippen LogP contribution in [0.5, 0.6) is 0 Å². The number of halogens is 2. The van der Waals surface area contributed by atoms with Crippen molar-refractivity contribution in [1.82, 2.24) is 14.1 Å². The van der Waals surface area contributed by atoms with E-state index in [2.05, 4.69) is 11.5 Å². The summed E-state index contributed by atoms with van der Waals surface area (Å²) in [6.07, 6.45) is 3.55. The van der Waals surface area contributed by atoms with Gasteiger partial charge in [-0.25, -0.2) is 4.98 Å². The third kappa shape index (κ3) is 2.95. The quantitative estimate of drug-likeness (QED) is 0.453. The van der Waals surface area contributed by atoms with E-state index in [0.29, 0.717) is 10.0 Å². The van der Waals surface area contributed by atoms with Crippen LogP contribution in [0.15, 0.2) is 53.6 Å². The SMILES string of the molecule is Cc1cc(-n2ccc(=O)cc2)c2c(C)c(C)n(-c3ccc(Cl)cc3Cl)c2n1.